The Labute approximate surface area is 437 Å². The second kappa shape index (κ2) is 29.6. The number of rotatable bonds is 32. The number of Topliss-reactive ketones (excluding diaryl/α,β-unsaturated/α-hetero) is 1. The highest BCUT2D eigenvalue weighted by Gasteiger charge is 2.53. The molecule has 1 heterocycles. The molecule has 3 aromatic rings. The Morgan fingerprint density at radius 1 is 0.671 bits per heavy atom. The molecule has 418 valence electrons. The summed E-state index contributed by atoms with van der Waals surface area (Å²) >= 11 is 0. The molecule has 4 rings (SSSR count). The molecular weight excluding hydrogens is 1080 g/mol. The van der Waals surface area contributed by atoms with E-state index in [2.05, 4.69) is 10.0 Å². The van der Waals surface area contributed by atoms with Crippen LogP contribution in [0, 0.1) is 0 Å². The van der Waals surface area contributed by atoms with Crippen molar-refractivity contribution in [3.05, 3.63) is 93.4 Å². The van der Waals surface area contributed by atoms with Gasteiger partial charge in [0.05, 0.1) is 38.8 Å². The van der Waals surface area contributed by atoms with Crippen molar-refractivity contribution in [3.8, 4) is 23.0 Å². The first-order valence-electron chi connectivity index (χ1n) is 22.8. The Morgan fingerprint density at radius 2 is 1.26 bits per heavy atom. The molecule has 1 saturated heterocycles. The minimum absolute atomic E-state index is 0.0769. The van der Waals surface area contributed by atoms with Crippen molar-refractivity contribution >= 4 is 60.1 Å². The average Bonchev–Trinajstić information content (AvgIpc) is 3.30. The van der Waals surface area contributed by atoms with Gasteiger partial charge in [0.25, 0.3) is 0 Å². The fraction of sp³-hybridized carbons (Fsp3) is 0.500. The van der Waals surface area contributed by atoms with Gasteiger partial charge >= 0.3 is 44.5 Å². The maximum atomic E-state index is 13.8. The number of azide groups is 1. The Hall–Kier alpha value is -6.66. The van der Waals surface area contributed by atoms with Gasteiger partial charge < -0.3 is 55.7 Å². The smallest absolute Gasteiger partial charge is 0.489 e. The number of benzene rings is 3. The van der Waals surface area contributed by atoms with Gasteiger partial charge in [-0.2, -0.15) is 8.42 Å². The molecule has 30 heteroatoms. The van der Waals surface area contributed by atoms with E-state index in [1.807, 2.05) is 0 Å². The Kier molecular flexibility index (Phi) is 24.1. The van der Waals surface area contributed by atoms with Crippen LogP contribution in [0.4, 0.5) is 3.89 Å². The summed E-state index contributed by atoms with van der Waals surface area (Å²) in [7, 11) is -13.8. The third-order valence-corrected chi connectivity index (χ3v) is 12.2. The normalized spacial score (nSPS) is 17.5. The summed E-state index contributed by atoms with van der Waals surface area (Å²) in [5.74, 6) is -7.26. The van der Waals surface area contributed by atoms with Gasteiger partial charge in [-0.1, -0.05) is 23.3 Å². The highest BCUT2D eigenvalue weighted by molar-refractivity contribution is 7.89. The number of carbonyl (C=O) groups excluding carboxylic acids is 5. The SMILES string of the molecule is CC(=O)OC[C@@H]1OC(Oc2ccc(C(=O)CCCOCCOCCOCCN=[N+]=[N-])cc2OS(=O)(=O)Oc2ccc(COc3ccc(CS(C)(=O)=O)cc3CS(=O)(=O)F)cc2)[C@@H](OC(C)=O)[C@H](OC(C)=O)[C@@H]1OC(C)=O. The van der Waals surface area contributed by atoms with Gasteiger partial charge in [0.1, 0.15) is 36.6 Å². The van der Waals surface area contributed by atoms with Crippen LogP contribution in [0.3, 0.4) is 0 Å². The van der Waals surface area contributed by atoms with E-state index in [4.69, 9.17) is 61.3 Å². The molecule has 0 saturated carbocycles. The first-order chi connectivity index (χ1) is 35.8. The Balaban J connectivity index is 1.58. The lowest BCUT2D eigenvalue weighted by Crippen LogP contribution is -2.63. The van der Waals surface area contributed by atoms with Crippen molar-refractivity contribution in [2.75, 3.05) is 59.0 Å². The van der Waals surface area contributed by atoms with E-state index >= 15 is 0 Å². The molecule has 0 aliphatic carbocycles. The molecule has 0 N–H and O–H groups in total. The van der Waals surface area contributed by atoms with E-state index in [-0.39, 0.29) is 93.8 Å². The lowest BCUT2D eigenvalue weighted by molar-refractivity contribution is -0.288. The van der Waals surface area contributed by atoms with E-state index < -0.39 is 120 Å². The van der Waals surface area contributed by atoms with Crippen LogP contribution < -0.4 is 17.8 Å². The number of carbonyl (C=O) groups is 5. The van der Waals surface area contributed by atoms with Crippen LogP contribution in [-0.2, 0) is 106 Å². The molecule has 0 amide bonds. The molecule has 76 heavy (non-hydrogen) atoms. The number of nitrogens with zero attached hydrogens (tertiary/aromatic N) is 3. The summed E-state index contributed by atoms with van der Waals surface area (Å²) in [6.45, 7) is 4.68. The summed E-state index contributed by atoms with van der Waals surface area (Å²) in [6.07, 6.45) is -7.28. The second-order valence-electron chi connectivity index (χ2n) is 16.4. The molecule has 26 nitrogen and oxygen atoms in total. The average molecular weight is 1130 g/mol. The molecule has 0 bridgehead atoms. The van der Waals surface area contributed by atoms with Crippen molar-refractivity contribution in [3.63, 3.8) is 0 Å². The van der Waals surface area contributed by atoms with Crippen LogP contribution in [0.5, 0.6) is 23.0 Å². The summed E-state index contributed by atoms with van der Waals surface area (Å²) in [4.78, 5) is 65.1. The minimum Gasteiger partial charge on any atom is -0.489 e. The highest BCUT2D eigenvalue weighted by Crippen LogP contribution is 2.37. The van der Waals surface area contributed by atoms with Crippen molar-refractivity contribution < 1.29 is 109 Å². The fourth-order valence-electron chi connectivity index (χ4n) is 6.94. The van der Waals surface area contributed by atoms with Gasteiger partial charge in [0, 0.05) is 69.6 Å². The number of ether oxygens (including phenoxy) is 10. The van der Waals surface area contributed by atoms with Crippen LogP contribution in [0.15, 0.2) is 65.8 Å². The fourth-order valence-corrected chi connectivity index (χ4v) is 9.05. The van der Waals surface area contributed by atoms with E-state index in [1.165, 1.54) is 48.5 Å². The zero-order chi connectivity index (χ0) is 56.1. The van der Waals surface area contributed by atoms with E-state index in [0.29, 0.717) is 5.56 Å². The lowest BCUT2D eigenvalue weighted by Gasteiger charge is -2.43. The number of halogens is 1. The predicted octanol–water partition coefficient (Wildman–Crippen LogP) is 4.10. The van der Waals surface area contributed by atoms with E-state index in [9.17, 15) is 53.1 Å². The van der Waals surface area contributed by atoms with Crippen LogP contribution in [0.25, 0.3) is 10.4 Å². The number of ketones is 1. The van der Waals surface area contributed by atoms with Crippen LogP contribution in [-0.4, -0.2) is 145 Å². The molecule has 0 spiro atoms. The zero-order valence-electron chi connectivity index (χ0n) is 41.7. The first kappa shape index (κ1) is 61.9. The molecule has 0 radical (unpaired) electrons. The standard InChI is InChI=1S/C46H56FN3O23S3/c1-29(51)65-26-42-43(67-30(2)52)44(68-31(3)53)45(69-32(4)54)46(71-42)70-40-15-11-35(38(55)7-6-17-62-19-21-64-22-20-63-18-16-49-50-48)24-41(40)73-76(60,61)72-37-12-8-33(9-13-37)25-66-39-14-10-34(27-74(5,56)57)23-36(39)28-75(47,58)59/h8-15,23-24,42-46H,6-7,16-22,25-28H2,1-5H3/t42-,43+,44+,45-,46?/m0/s1. The molecular formula is C46H56FN3O23S3. The minimum atomic E-state index is -5.18. The topological polar surface area (TPSA) is 347 Å². The van der Waals surface area contributed by atoms with Crippen molar-refractivity contribution in [2.45, 2.75) is 89.4 Å². The number of esters is 4. The van der Waals surface area contributed by atoms with Gasteiger partial charge in [-0.25, -0.2) is 8.42 Å². The Morgan fingerprint density at radius 3 is 1.87 bits per heavy atom. The zero-order valence-corrected chi connectivity index (χ0v) is 44.1. The quantitative estimate of drug-likeness (QED) is 0.0124. The molecule has 1 fully saturated rings. The van der Waals surface area contributed by atoms with Crippen LogP contribution >= 0.6 is 0 Å². The first-order valence-corrected chi connectivity index (χ1v) is 27.7. The van der Waals surface area contributed by atoms with Gasteiger partial charge in [-0.15, -0.1) is 12.3 Å². The number of sulfone groups is 1. The van der Waals surface area contributed by atoms with Crippen molar-refractivity contribution in [2.24, 2.45) is 5.11 Å². The van der Waals surface area contributed by atoms with Crippen LogP contribution in [0.2, 0.25) is 0 Å². The molecule has 5 atom stereocenters. The molecule has 1 aliphatic rings. The maximum absolute atomic E-state index is 13.8. The lowest BCUT2D eigenvalue weighted by atomic mass is 9.98. The van der Waals surface area contributed by atoms with Crippen molar-refractivity contribution in [1.29, 1.82) is 0 Å². The Bertz CT molecular complexity index is 2880. The van der Waals surface area contributed by atoms with Crippen molar-refractivity contribution in [1.82, 2.24) is 0 Å². The van der Waals surface area contributed by atoms with Gasteiger partial charge in [-0.05, 0) is 65.5 Å². The molecule has 3 aromatic carbocycles. The van der Waals surface area contributed by atoms with Crippen LogP contribution in [0.1, 0.15) is 67.6 Å². The summed E-state index contributed by atoms with van der Waals surface area (Å²) in [5, 5.41) is 3.35. The molecule has 0 aromatic heterocycles. The van der Waals surface area contributed by atoms with Gasteiger partial charge in [-0.3, -0.25) is 24.0 Å². The highest BCUT2D eigenvalue weighted by atomic mass is 32.3. The largest absolute Gasteiger partial charge is 0.501 e. The third-order valence-electron chi connectivity index (χ3n) is 9.88. The van der Waals surface area contributed by atoms with E-state index in [1.54, 1.807) is 0 Å². The second-order valence-corrected chi connectivity index (χ2v) is 21.0. The third kappa shape index (κ3) is 22.7. The van der Waals surface area contributed by atoms with E-state index in [0.717, 1.165) is 46.1 Å². The maximum Gasteiger partial charge on any atom is 0.501 e. The number of hydrogen-bond acceptors (Lipinski definition) is 24. The molecule has 1 aliphatic heterocycles. The summed E-state index contributed by atoms with van der Waals surface area (Å²) in [6, 6.07) is 12.3. The summed E-state index contributed by atoms with van der Waals surface area (Å²) in [5.41, 5.74) is 8.61. The predicted molar refractivity (Wildman–Crippen MR) is 259 cm³/mol. The molecule has 1 unspecified atom stereocenters. The van der Waals surface area contributed by atoms with Gasteiger partial charge in [0.2, 0.25) is 12.4 Å². The van der Waals surface area contributed by atoms with Gasteiger partial charge in [0.15, 0.2) is 39.3 Å². The summed E-state index contributed by atoms with van der Waals surface area (Å²) < 4.78 is 154. The monoisotopic (exact) mass is 1130 g/mol. The number of hydrogen-bond donors (Lipinski definition) is 0.